The largest absolute Gasteiger partial charge is 0.280 e. The van der Waals surface area contributed by atoms with E-state index in [9.17, 15) is 26.9 Å². The Hall–Kier alpha value is -3.44. The standard InChI is InChI=1S/C18H15N3O6S2/c22-21(23)16-8-12-18(13-9-16)29(26,27)20-15-6-10-17(11-7-15)28(24,25)19-14-4-2-1-3-5-14/h1-13,19-20H. The summed E-state index contributed by atoms with van der Waals surface area (Å²) in [4.78, 5) is 9.83. The molecule has 11 heteroatoms. The summed E-state index contributed by atoms with van der Waals surface area (Å²) in [6.45, 7) is 0. The molecule has 0 atom stereocenters. The maximum absolute atomic E-state index is 12.4. The van der Waals surface area contributed by atoms with Gasteiger partial charge >= 0.3 is 0 Å². The minimum atomic E-state index is -3.99. The Bertz CT molecular complexity index is 1230. The SMILES string of the molecule is O=[N+]([O-])c1ccc(S(=O)(=O)Nc2ccc(S(=O)(=O)Nc3ccccc3)cc2)cc1. The van der Waals surface area contributed by atoms with Gasteiger partial charge < -0.3 is 0 Å². The first-order valence-corrected chi connectivity index (χ1v) is 11.1. The molecule has 2 N–H and O–H groups in total. The lowest BCUT2D eigenvalue weighted by atomic mass is 10.3. The van der Waals surface area contributed by atoms with E-state index in [4.69, 9.17) is 0 Å². The minimum Gasteiger partial charge on any atom is -0.280 e. The number of anilines is 2. The highest BCUT2D eigenvalue weighted by atomic mass is 32.2. The van der Waals surface area contributed by atoms with Crippen LogP contribution in [0.5, 0.6) is 0 Å². The zero-order valence-electron chi connectivity index (χ0n) is 14.7. The highest BCUT2D eigenvalue weighted by Gasteiger charge is 2.18. The number of para-hydroxylation sites is 1. The van der Waals surface area contributed by atoms with Gasteiger partial charge in [-0.25, -0.2) is 16.8 Å². The number of hydrogen-bond donors (Lipinski definition) is 2. The van der Waals surface area contributed by atoms with Gasteiger partial charge in [-0.05, 0) is 48.5 Å². The topological polar surface area (TPSA) is 135 Å². The molecule has 0 heterocycles. The average molecular weight is 433 g/mol. The van der Waals surface area contributed by atoms with Crippen LogP contribution >= 0.6 is 0 Å². The number of benzene rings is 3. The molecule has 0 fully saturated rings. The molecule has 0 unspecified atom stereocenters. The zero-order valence-corrected chi connectivity index (χ0v) is 16.4. The van der Waals surface area contributed by atoms with Crippen molar-refractivity contribution in [1.29, 1.82) is 0 Å². The molecule has 0 bridgehead atoms. The van der Waals surface area contributed by atoms with Crippen LogP contribution in [0.1, 0.15) is 0 Å². The van der Waals surface area contributed by atoms with Crippen molar-refractivity contribution in [2.75, 3.05) is 9.44 Å². The van der Waals surface area contributed by atoms with Crippen LogP contribution in [0, 0.1) is 10.1 Å². The van der Waals surface area contributed by atoms with Gasteiger partial charge in [-0.1, -0.05) is 18.2 Å². The van der Waals surface area contributed by atoms with Gasteiger partial charge in [-0.3, -0.25) is 19.6 Å². The second kappa shape index (κ2) is 7.89. The Kier molecular flexibility index (Phi) is 5.52. The van der Waals surface area contributed by atoms with E-state index in [1.165, 1.54) is 24.3 Å². The quantitative estimate of drug-likeness (QED) is 0.434. The van der Waals surface area contributed by atoms with Gasteiger partial charge in [0.1, 0.15) is 0 Å². The Morgan fingerprint density at radius 1 is 0.621 bits per heavy atom. The molecule has 150 valence electrons. The third kappa shape index (κ3) is 4.89. The normalized spacial score (nSPS) is 11.6. The van der Waals surface area contributed by atoms with Gasteiger partial charge in [0.05, 0.1) is 14.7 Å². The highest BCUT2D eigenvalue weighted by molar-refractivity contribution is 7.93. The molecule has 0 spiro atoms. The molecule has 3 aromatic rings. The summed E-state index contributed by atoms with van der Waals surface area (Å²) in [5.74, 6) is 0. The van der Waals surface area contributed by atoms with Crippen LogP contribution in [0.15, 0.2) is 88.7 Å². The molecule has 0 saturated heterocycles. The molecule has 0 radical (unpaired) electrons. The molecule has 0 aliphatic carbocycles. The van der Waals surface area contributed by atoms with Gasteiger partial charge in [-0.2, -0.15) is 0 Å². The summed E-state index contributed by atoms with van der Waals surface area (Å²) in [6, 6.07) is 17.9. The fourth-order valence-electron chi connectivity index (χ4n) is 2.38. The number of sulfonamides is 2. The molecule has 0 amide bonds. The molecule has 3 aromatic carbocycles. The lowest BCUT2D eigenvalue weighted by Crippen LogP contribution is -2.14. The average Bonchev–Trinajstić information content (AvgIpc) is 2.68. The predicted octanol–water partition coefficient (Wildman–Crippen LogP) is 3.20. The molecule has 29 heavy (non-hydrogen) atoms. The van der Waals surface area contributed by atoms with Crippen LogP contribution in [0.4, 0.5) is 17.1 Å². The van der Waals surface area contributed by atoms with Crippen molar-refractivity contribution < 1.29 is 21.8 Å². The lowest BCUT2D eigenvalue weighted by molar-refractivity contribution is -0.384. The summed E-state index contributed by atoms with van der Waals surface area (Å²) in [6.07, 6.45) is 0. The summed E-state index contributed by atoms with van der Waals surface area (Å²) in [5.41, 5.74) is 0.307. The van der Waals surface area contributed by atoms with Crippen LogP contribution in [-0.2, 0) is 20.0 Å². The smallest absolute Gasteiger partial charge is 0.269 e. The molecule has 0 aliphatic heterocycles. The summed E-state index contributed by atoms with van der Waals surface area (Å²) < 4.78 is 54.3. The second-order valence-corrected chi connectivity index (χ2v) is 9.22. The lowest BCUT2D eigenvalue weighted by Gasteiger charge is -2.10. The van der Waals surface area contributed by atoms with Crippen molar-refractivity contribution in [2.45, 2.75) is 9.79 Å². The Morgan fingerprint density at radius 2 is 1.03 bits per heavy atom. The van der Waals surface area contributed by atoms with Crippen molar-refractivity contribution >= 4 is 37.1 Å². The van der Waals surface area contributed by atoms with E-state index in [1.54, 1.807) is 30.3 Å². The van der Waals surface area contributed by atoms with Crippen molar-refractivity contribution in [3.8, 4) is 0 Å². The first-order valence-electron chi connectivity index (χ1n) is 8.13. The number of nitrogens with one attached hydrogen (secondary N) is 2. The number of nitrogens with zero attached hydrogens (tertiary/aromatic N) is 1. The third-order valence-electron chi connectivity index (χ3n) is 3.80. The fourth-order valence-corrected chi connectivity index (χ4v) is 4.50. The molecule has 0 saturated carbocycles. The summed E-state index contributed by atoms with van der Waals surface area (Å²) in [5, 5.41) is 10.7. The molecule has 0 aliphatic rings. The van der Waals surface area contributed by atoms with E-state index in [0.717, 1.165) is 24.3 Å². The maximum atomic E-state index is 12.4. The maximum Gasteiger partial charge on any atom is 0.269 e. The highest BCUT2D eigenvalue weighted by Crippen LogP contribution is 2.21. The summed E-state index contributed by atoms with van der Waals surface area (Å²) >= 11 is 0. The molecule has 0 aromatic heterocycles. The van der Waals surface area contributed by atoms with Crippen LogP contribution in [0.25, 0.3) is 0 Å². The van der Waals surface area contributed by atoms with Crippen molar-refractivity contribution in [2.24, 2.45) is 0 Å². The van der Waals surface area contributed by atoms with Gasteiger partial charge in [0.15, 0.2) is 0 Å². The van der Waals surface area contributed by atoms with Gasteiger partial charge in [-0.15, -0.1) is 0 Å². The van der Waals surface area contributed by atoms with E-state index in [2.05, 4.69) is 9.44 Å². The van der Waals surface area contributed by atoms with E-state index in [1.807, 2.05) is 0 Å². The van der Waals surface area contributed by atoms with E-state index in [-0.39, 0.29) is 21.2 Å². The fraction of sp³-hybridized carbons (Fsp3) is 0. The van der Waals surface area contributed by atoms with Gasteiger partial charge in [0, 0.05) is 23.5 Å². The van der Waals surface area contributed by atoms with Crippen LogP contribution in [0.2, 0.25) is 0 Å². The molecular formula is C18H15N3O6S2. The molecule has 3 rings (SSSR count). The third-order valence-corrected chi connectivity index (χ3v) is 6.60. The van der Waals surface area contributed by atoms with E-state index < -0.39 is 25.0 Å². The number of non-ortho nitro benzene ring substituents is 1. The first kappa shape index (κ1) is 20.3. The van der Waals surface area contributed by atoms with E-state index in [0.29, 0.717) is 5.69 Å². The van der Waals surface area contributed by atoms with Crippen LogP contribution in [0.3, 0.4) is 0 Å². The van der Waals surface area contributed by atoms with Crippen molar-refractivity contribution in [3.63, 3.8) is 0 Å². The number of rotatable bonds is 7. The Morgan fingerprint density at radius 3 is 1.48 bits per heavy atom. The summed E-state index contributed by atoms with van der Waals surface area (Å²) in [7, 11) is -7.82. The molecule has 9 nitrogen and oxygen atoms in total. The minimum absolute atomic E-state index is 0.0420. The second-order valence-electron chi connectivity index (χ2n) is 5.85. The van der Waals surface area contributed by atoms with Crippen molar-refractivity contribution in [1.82, 2.24) is 0 Å². The number of nitro groups is 1. The van der Waals surface area contributed by atoms with Gasteiger partial charge in [0.25, 0.3) is 25.7 Å². The van der Waals surface area contributed by atoms with Crippen molar-refractivity contribution in [3.05, 3.63) is 89.0 Å². The Labute approximate surface area is 167 Å². The zero-order chi connectivity index (χ0) is 21.1. The molecular weight excluding hydrogens is 418 g/mol. The number of nitro benzene ring substituents is 1. The van der Waals surface area contributed by atoms with E-state index >= 15 is 0 Å². The monoisotopic (exact) mass is 433 g/mol. The van der Waals surface area contributed by atoms with Crippen LogP contribution < -0.4 is 9.44 Å². The Balaban J connectivity index is 1.76. The van der Waals surface area contributed by atoms with Crippen LogP contribution in [-0.4, -0.2) is 21.8 Å². The van der Waals surface area contributed by atoms with Gasteiger partial charge in [0.2, 0.25) is 0 Å². The predicted molar refractivity (Wildman–Crippen MR) is 108 cm³/mol. The number of hydrogen-bond acceptors (Lipinski definition) is 6. The first-order chi connectivity index (χ1) is 13.7.